The van der Waals surface area contributed by atoms with E-state index < -0.39 is 0 Å². The van der Waals surface area contributed by atoms with Gasteiger partial charge >= 0.3 is 24.1 Å². The summed E-state index contributed by atoms with van der Waals surface area (Å²) >= 11 is 0. The van der Waals surface area contributed by atoms with Crippen molar-refractivity contribution in [1.29, 1.82) is 0 Å². The topological polar surface area (TPSA) is 388 Å². The van der Waals surface area contributed by atoms with Gasteiger partial charge in [0.1, 0.15) is 0 Å². The molecule has 0 radical (unpaired) electrons. The lowest BCUT2D eigenvalue weighted by Crippen LogP contribution is -2.48. The number of carbonyl (C=O) groups is 8. The number of urea groups is 4. The monoisotopic (exact) mass is 1520 g/mol. The molecule has 1 saturated carbocycles. The molecular weight excluding hydrogens is 1430 g/mol. The highest BCUT2D eigenvalue weighted by molar-refractivity contribution is 6.03. The van der Waals surface area contributed by atoms with E-state index in [-0.39, 0.29) is 124 Å². The standard InChI is InChI=1S/C21H25N5O3.C21H25N5O2.C20H24N6O2.C19H21N5O3/c27-20(25-17-11-15-3-1-2-4-16(15)12-17)18-19(23-8-7-22-18)26-21(28)24-13-14-5-9-29-10-6-14;27-20(24-17-12-14-6-4-5-7-15(14)13-17)18-19(23-11-10-22-18)26-21(28)25-16-8-2-1-3-9-16;1-25-8-10-26(11-9-25)20(28)24-18-17(21-6-7-22-18)19(27)23-16-12-14-4-2-3-5-15(14)13-16;25-18(22-15-11-13-3-1-2-4-14(13)12-15)16-17(21-6-5-20-16)23-19(26)24-7-9-27-10-8-24/h1-4,7-8,14,17H,5-6,9-13H2,(H,25,27)(H2,23,24,26,28);4-7,10-11,16-17H,1-3,8-9,12-13H2,(H,24,27)(H2,23,25,26,28);2-7,16H,8-13H2,1H3,(H,23,27)(H,22,24,28);1-6,15H,7-12H2,(H,22,25)(H,21,23,26). The van der Waals surface area contributed by atoms with Gasteiger partial charge in [-0.2, -0.15) is 0 Å². The maximum atomic E-state index is 12.8. The predicted octanol–water partition coefficient (Wildman–Crippen LogP) is 7.14. The van der Waals surface area contributed by atoms with Crippen molar-refractivity contribution >= 4 is 71.0 Å². The van der Waals surface area contributed by atoms with E-state index >= 15 is 0 Å². The van der Waals surface area contributed by atoms with Gasteiger partial charge < -0.3 is 56.1 Å². The zero-order chi connectivity index (χ0) is 77.6. The number of benzene rings is 4. The molecule has 0 atom stereocenters. The molecule has 7 heterocycles. The van der Waals surface area contributed by atoms with Crippen molar-refractivity contribution in [2.45, 2.75) is 127 Å². The van der Waals surface area contributed by atoms with Gasteiger partial charge in [-0.05, 0) is 135 Å². The Morgan fingerprint density at radius 3 is 0.991 bits per heavy atom. The number of nitrogens with one attached hydrogen (secondary N) is 10. The zero-order valence-electron chi connectivity index (χ0n) is 62.7. The number of morpholine rings is 1. The third-order valence-corrected chi connectivity index (χ3v) is 21.0. The highest BCUT2D eigenvalue weighted by Crippen LogP contribution is 2.28. The fourth-order valence-electron chi connectivity index (χ4n) is 15.1. The minimum atomic E-state index is -0.390. The van der Waals surface area contributed by atoms with Crippen LogP contribution in [-0.4, -0.2) is 212 Å². The van der Waals surface area contributed by atoms with E-state index in [1.165, 1.54) is 101 Å². The lowest BCUT2D eigenvalue weighted by Gasteiger charge is -2.32. The summed E-state index contributed by atoms with van der Waals surface area (Å²) in [5.74, 6) is -0.203. The molecule has 5 aliphatic carbocycles. The minimum absolute atomic E-state index is 0.0112. The largest absolute Gasteiger partial charge is 0.381 e. The lowest BCUT2D eigenvalue weighted by atomic mass is 9.96. The van der Waals surface area contributed by atoms with Gasteiger partial charge in [-0.1, -0.05) is 116 Å². The quantitative estimate of drug-likeness (QED) is 0.0487. The number of aromatic nitrogens is 8. The van der Waals surface area contributed by atoms with E-state index in [9.17, 15) is 38.4 Å². The first-order valence-electron chi connectivity index (χ1n) is 38.5. The second kappa shape index (κ2) is 38.6. The summed E-state index contributed by atoms with van der Waals surface area (Å²) in [5.41, 5.74) is 10.6. The van der Waals surface area contributed by atoms with E-state index in [1.807, 2.05) is 55.6 Å². The van der Waals surface area contributed by atoms with Crippen LogP contribution < -0.4 is 53.2 Å². The Morgan fingerprint density at radius 1 is 0.339 bits per heavy atom. The Morgan fingerprint density at radius 2 is 0.643 bits per heavy atom. The predicted molar refractivity (Wildman–Crippen MR) is 418 cm³/mol. The van der Waals surface area contributed by atoms with Crippen LogP contribution in [0.2, 0.25) is 0 Å². The van der Waals surface area contributed by atoms with Gasteiger partial charge in [0.25, 0.3) is 23.6 Å². The molecule has 16 rings (SSSR count). The molecule has 3 aliphatic heterocycles. The van der Waals surface area contributed by atoms with Crippen LogP contribution in [0.25, 0.3) is 0 Å². The maximum absolute atomic E-state index is 12.8. The molecule has 584 valence electrons. The molecule has 112 heavy (non-hydrogen) atoms. The van der Waals surface area contributed by atoms with Gasteiger partial charge in [0, 0.05) is 139 Å². The average Bonchev–Trinajstić information content (AvgIpc) is 1.59. The number of hydrogen-bond acceptors (Lipinski definition) is 19. The van der Waals surface area contributed by atoms with Crippen LogP contribution in [0.1, 0.15) is 131 Å². The Kier molecular flexibility index (Phi) is 26.9. The first-order chi connectivity index (χ1) is 54.7. The molecule has 4 aromatic carbocycles. The van der Waals surface area contributed by atoms with E-state index in [2.05, 4.69) is 146 Å². The van der Waals surface area contributed by atoms with E-state index in [4.69, 9.17) is 9.47 Å². The van der Waals surface area contributed by atoms with Crippen LogP contribution in [0, 0.1) is 5.92 Å². The van der Waals surface area contributed by atoms with Crippen molar-refractivity contribution in [1.82, 2.24) is 86.5 Å². The van der Waals surface area contributed by atoms with E-state index in [0.717, 1.165) is 116 Å². The van der Waals surface area contributed by atoms with Crippen LogP contribution in [0.3, 0.4) is 0 Å². The van der Waals surface area contributed by atoms with E-state index in [0.29, 0.717) is 51.9 Å². The number of piperazine rings is 1. The number of nitrogens with zero attached hydrogens (tertiary/aromatic N) is 11. The first kappa shape index (κ1) is 78.2. The van der Waals surface area contributed by atoms with Crippen molar-refractivity contribution in [3.8, 4) is 0 Å². The second-order valence-electron chi connectivity index (χ2n) is 29.0. The number of ether oxygens (including phenoxy) is 2. The van der Waals surface area contributed by atoms with Crippen molar-refractivity contribution < 1.29 is 47.8 Å². The number of anilines is 4. The fraction of sp³-hybridized carbons (Fsp3) is 0.407. The summed E-state index contributed by atoms with van der Waals surface area (Å²) in [6, 6.07) is 31.7. The zero-order valence-corrected chi connectivity index (χ0v) is 62.7. The Balaban J connectivity index is 0.000000131. The highest BCUT2D eigenvalue weighted by atomic mass is 16.5. The number of fused-ring (bicyclic) bond motifs is 4. The Labute approximate surface area is 649 Å². The fourth-order valence-corrected chi connectivity index (χ4v) is 15.1. The summed E-state index contributed by atoms with van der Waals surface area (Å²) in [6.45, 7) is 6.98. The third kappa shape index (κ3) is 21.5. The van der Waals surface area contributed by atoms with Crippen molar-refractivity contribution in [2.24, 2.45) is 5.92 Å². The minimum Gasteiger partial charge on any atom is -0.381 e. The van der Waals surface area contributed by atoms with Crippen LogP contribution in [0.5, 0.6) is 0 Å². The molecule has 0 bridgehead atoms. The van der Waals surface area contributed by atoms with Crippen molar-refractivity contribution in [3.63, 3.8) is 0 Å². The van der Waals surface area contributed by atoms with Gasteiger partial charge in [-0.15, -0.1) is 0 Å². The summed E-state index contributed by atoms with van der Waals surface area (Å²) in [6.07, 6.45) is 25.4. The molecule has 31 nitrogen and oxygen atoms in total. The summed E-state index contributed by atoms with van der Waals surface area (Å²) in [4.78, 5) is 139. The highest BCUT2D eigenvalue weighted by Gasteiger charge is 2.32. The normalized spacial score (nSPS) is 16.9. The lowest BCUT2D eigenvalue weighted by molar-refractivity contribution is 0.0564. The molecule has 4 aromatic heterocycles. The molecule has 0 unspecified atom stereocenters. The molecule has 3 saturated heterocycles. The maximum Gasteiger partial charge on any atom is 0.323 e. The molecule has 10 N–H and O–H groups in total. The number of likely N-dealkylation sites (N-methyl/N-ethyl adjacent to an activating group) is 1. The molecule has 31 heteroatoms. The number of carbonyl (C=O) groups excluding carboxylic acids is 8. The summed E-state index contributed by atoms with van der Waals surface area (Å²) in [5, 5.41) is 28.7. The number of rotatable bonds is 15. The third-order valence-electron chi connectivity index (χ3n) is 21.0. The SMILES string of the molecule is CN1CCN(C(=O)Nc2nccnc2C(=O)NC2Cc3ccccc3C2)CC1.O=C(NC1Cc2ccccc2C1)c1nccnc1NC(=O)N1CCOCC1.O=C(NCC1CCOCC1)Nc1nccnc1C(=O)NC1Cc2ccccc2C1.O=C(Nc1nccnc1C(=O)NC1Cc2ccccc2C1)NC1CCCCC1. The first-order valence-corrected chi connectivity index (χ1v) is 38.5. The van der Waals surface area contributed by atoms with Crippen molar-refractivity contribution in [2.75, 3.05) is 101 Å². The summed E-state index contributed by atoms with van der Waals surface area (Å²) in [7, 11) is 2.03. The molecule has 8 aromatic rings. The molecule has 12 amide bonds. The van der Waals surface area contributed by atoms with E-state index in [1.54, 1.807) is 9.80 Å². The molecular formula is C81H95N21O10. The second-order valence-corrected chi connectivity index (χ2v) is 29.0. The number of hydrogen-bond donors (Lipinski definition) is 10. The van der Waals surface area contributed by atoms with Crippen molar-refractivity contribution in [3.05, 3.63) is 214 Å². The van der Waals surface area contributed by atoms with Gasteiger partial charge in [0.2, 0.25) is 0 Å². The Hall–Kier alpha value is -12.0. The van der Waals surface area contributed by atoms with Gasteiger partial charge in [0.05, 0.1) is 13.2 Å². The van der Waals surface area contributed by atoms with Gasteiger partial charge in [-0.25, -0.2) is 59.0 Å². The average molecular weight is 1520 g/mol. The number of amides is 12. The van der Waals surface area contributed by atoms with Crippen LogP contribution >= 0.6 is 0 Å². The smallest absolute Gasteiger partial charge is 0.323 e. The van der Waals surface area contributed by atoms with Crippen LogP contribution in [0.15, 0.2) is 147 Å². The summed E-state index contributed by atoms with van der Waals surface area (Å²) < 4.78 is 10.6. The Bertz CT molecular complexity index is 4520. The van der Waals surface area contributed by atoms with Gasteiger partial charge in [-0.3, -0.25) is 40.4 Å². The molecule has 0 spiro atoms. The van der Waals surface area contributed by atoms with Crippen LogP contribution in [0.4, 0.5) is 42.4 Å². The molecule has 4 fully saturated rings. The van der Waals surface area contributed by atoms with Gasteiger partial charge in [0.15, 0.2) is 46.0 Å². The molecule has 8 aliphatic rings. The van der Waals surface area contributed by atoms with Crippen LogP contribution in [-0.2, 0) is 60.8 Å².